The second-order valence-electron chi connectivity index (χ2n) is 11.3. The maximum Gasteiger partial charge on any atom is 0.458 e. The summed E-state index contributed by atoms with van der Waals surface area (Å²) >= 11 is 0. The van der Waals surface area contributed by atoms with Gasteiger partial charge in [0.1, 0.15) is 17.4 Å². The average molecular weight is 569 g/mol. The molecule has 0 spiro atoms. The van der Waals surface area contributed by atoms with Crippen molar-refractivity contribution in [2.24, 2.45) is 23.7 Å². The van der Waals surface area contributed by atoms with Crippen LogP contribution in [0, 0.1) is 47.1 Å². The Morgan fingerprint density at radius 3 is 1.85 bits per heavy atom. The van der Waals surface area contributed by atoms with Crippen molar-refractivity contribution in [3.8, 4) is 28.7 Å². The number of alkyl halides is 5. The lowest BCUT2D eigenvalue weighted by Gasteiger charge is -2.39. The van der Waals surface area contributed by atoms with Crippen molar-refractivity contribution >= 4 is 0 Å². The maximum atomic E-state index is 15.0. The van der Waals surface area contributed by atoms with E-state index in [-0.39, 0.29) is 16.9 Å². The van der Waals surface area contributed by atoms with Gasteiger partial charge in [0.25, 0.3) is 0 Å². The molecule has 0 N–H and O–H groups in total. The van der Waals surface area contributed by atoms with E-state index < -0.39 is 35.4 Å². The van der Waals surface area contributed by atoms with Gasteiger partial charge in [-0.25, -0.2) is 8.78 Å². The molecule has 0 unspecified atom stereocenters. The number of hydrogen-bond donors (Lipinski definition) is 0. The summed E-state index contributed by atoms with van der Waals surface area (Å²) in [6.45, 7) is 2.22. The van der Waals surface area contributed by atoms with Gasteiger partial charge in [0.05, 0.1) is 11.5 Å². The lowest BCUT2D eigenvalue weighted by molar-refractivity contribution is -0.224. The molecular formula is C32H35F7O. The molecule has 1 nitrogen and oxygen atoms in total. The van der Waals surface area contributed by atoms with Crippen molar-refractivity contribution in [2.45, 2.75) is 89.8 Å². The van der Waals surface area contributed by atoms with Crippen LogP contribution in [-0.4, -0.2) is 12.3 Å². The Morgan fingerprint density at radius 2 is 1.32 bits per heavy atom. The summed E-state index contributed by atoms with van der Waals surface area (Å²) in [7, 11) is 0. The molecule has 2 saturated carbocycles. The van der Waals surface area contributed by atoms with Crippen LogP contribution in [0.1, 0.15) is 83.1 Å². The summed E-state index contributed by atoms with van der Waals surface area (Å²) in [6, 6.07) is 7.02. The van der Waals surface area contributed by atoms with Gasteiger partial charge in [-0.1, -0.05) is 57.1 Å². The normalized spacial score (nSPS) is 23.8. The van der Waals surface area contributed by atoms with E-state index in [1.807, 2.05) is 0 Å². The number of benzene rings is 2. The Morgan fingerprint density at radius 1 is 0.775 bits per heavy atom. The molecule has 2 aromatic carbocycles. The smallest absolute Gasteiger partial charge is 0.432 e. The summed E-state index contributed by atoms with van der Waals surface area (Å²) in [5.74, 6) is 0.828. The molecule has 218 valence electrons. The Hall–Kier alpha value is -2.69. The van der Waals surface area contributed by atoms with Crippen LogP contribution in [0.4, 0.5) is 30.7 Å². The summed E-state index contributed by atoms with van der Waals surface area (Å²) in [6.07, 6.45) is 2.91. The van der Waals surface area contributed by atoms with Crippen LogP contribution >= 0.6 is 0 Å². The molecule has 0 aliphatic heterocycles. The first kappa shape index (κ1) is 30.3. The molecule has 2 aliphatic carbocycles. The number of halogens is 7. The van der Waals surface area contributed by atoms with Crippen molar-refractivity contribution in [1.82, 2.24) is 0 Å². The van der Waals surface area contributed by atoms with Gasteiger partial charge in [0.2, 0.25) is 0 Å². The van der Waals surface area contributed by atoms with E-state index in [4.69, 9.17) is 4.74 Å². The van der Waals surface area contributed by atoms with E-state index in [9.17, 15) is 22.0 Å². The lowest BCUT2D eigenvalue weighted by Crippen LogP contribution is -2.38. The zero-order chi connectivity index (χ0) is 28.9. The van der Waals surface area contributed by atoms with E-state index in [0.717, 1.165) is 36.8 Å². The van der Waals surface area contributed by atoms with Gasteiger partial charge < -0.3 is 4.74 Å². The predicted octanol–water partition coefficient (Wildman–Crippen LogP) is 10.3. The van der Waals surface area contributed by atoms with Gasteiger partial charge in [-0.3, -0.25) is 0 Å². The summed E-state index contributed by atoms with van der Waals surface area (Å²) < 4.78 is 101. The zero-order valence-corrected chi connectivity index (χ0v) is 22.6. The molecule has 0 atom stereocenters. The molecule has 0 bridgehead atoms. The van der Waals surface area contributed by atoms with Crippen molar-refractivity contribution < 1.29 is 35.5 Å². The predicted molar refractivity (Wildman–Crippen MR) is 141 cm³/mol. The quantitative estimate of drug-likeness (QED) is 0.227. The zero-order valence-electron chi connectivity index (χ0n) is 22.6. The van der Waals surface area contributed by atoms with Gasteiger partial charge in [-0.2, -0.15) is 22.0 Å². The van der Waals surface area contributed by atoms with Crippen LogP contribution in [0.5, 0.6) is 5.75 Å². The third-order valence-corrected chi connectivity index (χ3v) is 8.58. The van der Waals surface area contributed by atoms with Gasteiger partial charge in [-0.05, 0) is 91.7 Å². The van der Waals surface area contributed by atoms with Crippen LogP contribution in [0.3, 0.4) is 0 Å². The van der Waals surface area contributed by atoms with E-state index in [1.165, 1.54) is 75.1 Å². The standard InChI is InChI=1S/C32H35F7O/c1-2-3-4-21-5-7-22(8-6-21)23-9-13-26(14-10-23)32(38,39)40-27-15-11-24(12-16-27)25-19-29(33)28(30(34)20-25)17-18-31(35,36)37/h11-12,15-16,19-23,26H,2-10,13-14H2,1H3. The second kappa shape index (κ2) is 12.9. The molecular weight excluding hydrogens is 533 g/mol. The summed E-state index contributed by atoms with van der Waals surface area (Å²) in [5.41, 5.74) is -0.674. The van der Waals surface area contributed by atoms with E-state index in [1.54, 1.807) is 0 Å². The molecule has 2 fully saturated rings. The monoisotopic (exact) mass is 568 g/mol. The van der Waals surface area contributed by atoms with Crippen LogP contribution < -0.4 is 4.74 Å². The third kappa shape index (κ3) is 7.95. The molecule has 40 heavy (non-hydrogen) atoms. The van der Waals surface area contributed by atoms with E-state index in [2.05, 4.69) is 6.92 Å². The molecule has 4 rings (SSSR count). The van der Waals surface area contributed by atoms with Gasteiger partial charge in [-0.15, -0.1) is 0 Å². The minimum Gasteiger partial charge on any atom is -0.432 e. The van der Waals surface area contributed by atoms with Gasteiger partial charge in [0.15, 0.2) is 0 Å². The molecule has 0 amide bonds. The molecule has 8 heteroatoms. The minimum atomic E-state index is -4.89. The largest absolute Gasteiger partial charge is 0.458 e. The number of unbranched alkanes of at least 4 members (excludes halogenated alkanes) is 1. The average Bonchev–Trinajstić information content (AvgIpc) is 2.91. The van der Waals surface area contributed by atoms with Gasteiger partial charge >= 0.3 is 12.3 Å². The summed E-state index contributed by atoms with van der Waals surface area (Å²) in [4.78, 5) is 0. The Balaban J connectivity index is 1.32. The van der Waals surface area contributed by atoms with Gasteiger partial charge in [0, 0.05) is 5.92 Å². The van der Waals surface area contributed by atoms with Crippen molar-refractivity contribution in [3.63, 3.8) is 0 Å². The lowest BCUT2D eigenvalue weighted by atomic mass is 9.68. The number of hydrogen-bond acceptors (Lipinski definition) is 1. The highest BCUT2D eigenvalue weighted by molar-refractivity contribution is 5.65. The first-order chi connectivity index (χ1) is 18.9. The first-order valence-corrected chi connectivity index (χ1v) is 14.2. The second-order valence-corrected chi connectivity index (χ2v) is 11.3. The molecule has 0 radical (unpaired) electrons. The van der Waals surface area contributed by atoms with Crippen molar-refractivity contribution in [3.05, 3.63) is 53.6 Å². The van der Waals surface area contributed by atoms with Crippen LogP contribution in [-0.2, 0) is 0 Å². The van der Waals surface area contributed by atoms with Crippen LogP contribution in [0.15, 0.2) is 36.4 Å². The minimum absolute atomic E-state index is 0.0311. The number of ether oxygens (including phenoxy) is 1. The van der Waals surface area contributed by atoms with E-state index in [0.29, 0.717) is 24.7 Å². The Labute approximate surface area is 231 Å². The first-order valence-electron chi connectivity index (χ1n) is 14.2. The fraction of sp³-hybridized carbons (Fsp3) is 0.562. The van der Waals surface area contributed by atoms with Crippen LogP contribution in [0.2, 0.25) is 0 Å². The SMILES string of the molecule is CCCCC1CCC(C2CCC(C(F)(F)Oc3ccc(-c4cc(F)c(C#CC(F)(F)F)c(F)c4)cc3)CC2)CC1. The molecule has 2 aromatic rings. The third-order valence-electron chi connectivity index (χ3n) is 8.58. The number of rotatable bonds is 8. The highest BCUT2D eigenvalue weighted by Gasteiger charge is 2.45. The maximum absolute atomic E-state index is 15.0. The Kier molecular flexibility index (Phi) is 9.74. The van der Waals surface area contributed by atoms with E-state index >= 15 is 8.78 Å². The molecule has 0 heterocycles. The fourth-order valence-corrected chi connectivity index (χ4v) is 6.32. The fourth-order valence-electron chi connectivity index (χ4n) is 6.32. The molecule has 0 saturated heterocycles. The molecule has 0 aromatic heterocycles. The van der Waals surface area contributed by atoms with Crippen LogP contribution in [0.25, 0.3) is 11.1 Å². The van der Waals surface area contributed by atoms with Crippen molar-refractivity contribution in [2.75, 3.05) is 0 Å². The molecule has 2 aliphatic rings. The Bertz CT molecular complexity index is 1150. The van der Waals surface area contributed by atoms with Crippen molar-refractivity contribution in [1.29, 1.82) is 0 Å². The summed E-state index contributed by atoms with van der Waals surface area (Å²) in [5, 5.41) is 0. The topological polar surface area (TPSA) is 9.23 Å². The highest BCUT2D eigenvalue weighted by Crippen LogP contribution is 2.46. The highest BCUT2D eigenvalue weighted by atomic mass is 19.4.